The molecular formula is C14H18N4O2. The van der Waals surface area contributed by atoms with Crippen LogP contribution in [0.4, 0.5) is 0 Å². The van der Waals surface area contributed by atoms with Gasteiger partial charge in [0.1, 0.15) is 12.2 Å². The summed E-state index contributed by atoms with van der Waals surface area (Å²) in [6.07, 6.45) is 0.0101. The summed E-state index contributed by atoms with van der Waals surface area (Å²) in [5.41, 5.74) is 2.08. The molecule has 1 aromatic carbocycles. The normalized spacial score (nSPS) is 14.7. The highest BCUT2D eigenvalue weighted by molar-refractivity contribution is 5.79. The van der Waals surface area contributed by atoms with E-state index in [1.54, 1.807) is 20.1 Å². The molecule has 0 aliphatic rings. The van der Waals surface area contributed by atoms with Crippen LogP contribution in [0.15, 0.2) is 29.4 Å². The molecule has 0 aliphatic heterocycles. The SMILES string of the molecule is Cc1ccc(/C=N/n2c([C@H](C)O)nnc2[C@H](C)O)cc1. The Bertz CT molecular complexity index is 575. The smallest absolute Gasteiger partial charge is 0.182 e. The number of nitrogens with zero attached hydrogens (tertiary/aromatic N) is 4. The number of aliphatic hydroxyl groups excluding tert-OH is 2. The summed E-state index contributed by atoms with van der Waals surface area (Å²) in [7, 11) is 0. The van der Waals surface area contributed by atoms with Crippen LogP contribution in [0.2, 0.25) is 0 Å². The minimum atomic E-state index is -0.815. The van der Waals surface area contributed by atoms with Crippen molar-refractivity contribution in [1.82, 2.24) is 14.9 Å². The molecule has 106 valence electrons. The Balaban J connectivity index is 2.36. The molecule has 0 aliphatic carbocycles. The van der Waals surface area contributed by atoms with E-state index in [4.69, 9.17) is 0 Å². The van der Waals surface area contributed by atoms with Crippen LogP contribution in [0.3, 0.4) is 0 Å². The maximum absolute atomic E-state index is 9.65. The predicted molar refractivity (Wildman–Crippen MR) is 75.5 cm³/mol. The minimum Gasteiger partial charge on any atom is -0.385 e. The Morgan fingerprint density at radius 1 is 1.05 bits per heavy atom. The first kappa shape index (κ1) is 14.4. The van der Waals surface area contributed by atoms with Gasteiger partial charge in [-0.2, -0.15) is 9.78 Å². The molecule has 2 atom stereocenters. The second-order valence-electron chi connectivity index (χ2n) is 4.74. The van der Waals surface area contributed by atoms with Gasteiger partial charge in [-0.15, -0.1) is 10.2 Å². The van der Waals surface area contributed by atoms with Gasteiger partial charge in [0, 0.05) is 0 Å². The van der Waals surface area contributed by atoms with Crippen molar-refractivity contribution < 1.29 is 10.2 Å². The molecule has 6 nitrogen and oxygen atoms in total. The third-order valence-corrected chi connectivity index (χ3v) is 2.84. The Labute approximate surface area is 117 Å². The standard InChI is InChI=1S/C14H18N4O2/c1-9-4-6-12(7-5-9)8-15-18-13(10(2)19)16-17-14(18)11(3)20/h4-8,10-11,19-20H,1-3H3/b15-8+/t10-,11-/m0/s1. The van der Waals surface area contributed by atoms with E-state index in [0.29, 0.717) is 11.6 Å². The molecule has 0 fully saturated rings. The number of hydrogen-bond donors (Lipinski definition) is 2. The average molecular weight is 274 g/mol. The van der Waals surface area contributed by atoms with Crippen LogP contribution in [0.1, 0.15) is 48.8 Å². The zero-order chi connectivity index (χ0) is 14.7. The van der Waals surface area contributed by atoms with E-state index in [1.165, 1.54) is 10.2 Å². The monoisotopic (exact) mass is 274 g/mol. The largest absolute Gasteiger partial charge is 0.385 e. The molecule has 0 saturated heterocycles. The van der Waals surface area contributed by atoms with Crippen LogP contribution >= 0.6 is 0 Å². The molecule has 0 radical (unpaired) electrons. The molecule has 2 rings (SSSR count). The minimum absolute atomic E-state index is 0.296. The highest BCUT2D eigenvalue weighted by Crippen LogP contribution is 2.16. The van der Waals surface area contributed by atoms with Gasteiger partial charge in [0.25, 0.3) is 0 Å². The lowest BCUT2D eigenvalue weighted by molar-refractivity contribution is 0.174. The molecular weight excluding hydrogens is 256 g/mol. The van der Waals surface area contributed by atoms with Crippen LogP contribution in [-0.2, 0) is 0 Å². The Hall–Kier alpha value is -2.05. The third-order valence-electron chi connectivity index (χ3n) is 2.84. The van der Waals surface area contributed by atoms with E-state index in [2.05, 4.69) is 15.3 Å². The first-order chi connectivity index (χ1) is 9.49. The highest BCUT2D eigenvalue weighted by atomic mass is 16.3. The summed E-state index contributed by atoms with van der Waals surface area (Å²) in [5.74, 6) is 0.591. The van der Waals surface area contributed by atoms with E-state index in [0.717, 1.165) is 5.56 Å². The first-order valence-electron chi connectivity index (χ1n) is 6.41. The fourth-order valence-corrected chi connectivity index (χ4v) is 1.72. The van der Waals surface area contributed by atoms with E-state index in [1.807, 2.05) is 31.2 Å². The molecule has 0 saturated carbocycles. The Morgan fingerprint density at radius 2 is 1.55 bits per heavy atom. The molecule has 20 heavy (non-hydrogen) atoms. The zero-order valence-electron chi connectivity index (χ0n) is 11.7. The summed E-state index contributed by atoms with van der Waals surface area (Å²) < 4.78 is 1.37. The maximum Gasteiger partial charge on any atom is 0.182 e. The van der Waals surface area contributed by atoms with E-state index in [-0.39, 0.29) is 0 Å². The van der Waals surface area contributed by atoms with Gasteiger partial charge in [-0.1, -0.05) is 29.8 Å². The number of aliphatic hydroxyl groups is 2. The van der Waals surface area contributed by atoms with Crippen molar-refractivity contribution in [3.05, 3.63) is 47.0 Å². The van der Waals surface area contributed by atoms with Gasteiger partial charge in [-0.05, 0) is 26.3 Å². The molecule has 1 aromatic heterocycles. The topological polar surface area (TPSA) is 83.5 Å². The third kappa shape index (κ3) is 3.09. The lowest BCUT2D eigenvalue weighted by Crippen LogP contribution is -2.08. The summed E-state index contributed by atoms with van der Waals surface area (Å²) in [6, 6.07) is 7.85. The molecule has 0 bridgehead atoms. The fourth-order valence-electron chi connectivity index (χ4n) is 1.72. The van der Waals surface area contributed by atoms with Crippen molar-refractivity contribution in [1.29, 1.82) is 0 Å². The van der Waals surface area contributed by atoms with Crippen molar-refractivity contribution in [2.24, 2.45) is 5.10 Å². The van der Waals surface area contributed by atoms with Crippen LogP contribution in [0.25, 0.3) is 0 Å². The highest BCUT2D eigenvalue weighted by Gasteiger charge is 2.18. The number of aryl methyl sites for hydroxylation is 1. The summed E-state index contributed by atoms with van der Waals surface area (Å²) in [6.45, 7) is 5.17. The molecule has 1 heterocycles. The van der Waals surface area contributed by atoms with E-state index < -0.39 is 12.2 Å². The van der Waals surface area contributed by atoms with E-state index in [9.17, 15) is 10.2 Å². The number of hydrogen-bond acceptors (Lipinski definition) is 5. The van der Waals surface area contributed by atoms with Gasteiger partial charge < -0.3 is 10.2 Å². The van der Waals surface area contributed by atoms with Crippen molar-refractivity contribution in [2.75, 3.05) is 0 Å². The van der Waals surface area contributed by atoms with Crippen molar-refractivity contribution in [2.45, 2.75) is 33.0 Å². The molecule has 2 N–H and O–H groups in total. The van der Waals surface area contributed by atoms with Crippen LogP contribution in [-0.4, -0.2) is 31.3 Å². The quantitative estimate of drug-likeness (QED) is 0.829. The zero-order valence-corrected chi connectivity index (χ0v) is 11.7. The molecule has 2 aromatic rings. The Morgan fingerprint density at radius 3 is 2.00 bits per heavy atom. The molecule has 0 unspecified atom stereocenters. The maximum atomic E-state index is 9.65. The summed E-state index contributed by atoms with van der Waals surface area (Å²) >= 11 is 0. The second kappa shape index (κ2) is 5.94. The molecule has 0 spiro atoms. The number of aromatic nitrogens is 3. The van der Waals surface area contributed by atoms with Crippen LogP contribution in [0.5, 0.6) is 0 Å². The lowest BCUT2D eigenvalue weighted by Gasteiger charge is -2.07. The fraction of sp³-hybridized carbons (Fsp3) is 0.357. The lowest BCUT2D eigenvalue weighted by atomic mass is 10.2. The van der Waals surface area contributed by atoms with Crippen LogP contribution < -0.4 is 0 Å². The van der Waals surface area contributed by atoms with Gasteiger partial charge in [0.15, 0.2) is 11.6 Å². The number of benzene rings is 1. The Kier molecular flexibility index (Phi) is 4.26. The summed E-state index contributed by atoms with van der Waals surface area (Å²) in [4.78, 5) is 0. The van der Waals surface area contributed by atoms with Gasteiger partial charge in [-0.3, -0.25) is 0 Å². The second-order valence-corrected chi connectivity index (χ2v) is 4.74. The van der Waals surface area contributed by atoms with Crippen LogP contribution in [0, 0.1) is 6.92 Å². The van der Waals surface area contributed by atoms with Gasteiger partial charge in [-0.25, -0.2) is 0 Å². The van der Waals surface area contributed by atoms with Gasteiger partial charge >= 0.3 is 0 Å². The van der Waals surface area contributed by atoms with Crippen molar-refractivity contribution >= 4 is 6.21 Å². The van der Waals surface area contributed by atoms with E-state index >= 15 is 0 Å². The predicted octanol–water partition coefficient (Wildman–Crippen LogP) is 1.58. The van der Waals surface area contributed by atoms with Crippen molar-refractivity contribution in [3.8, 4) is 0 Å². The molecule has 6 heteroatoms. The number of rotatable bonds is 4. The van der Waals surface area contributed by atoms with Crippen molar-refractivity contribution in [3.63, 3.8) is 0 Å². The molecule has 0 amide bonds. The average Bonchev–Trinajstić information content (AvgIpc) is 2.82. The van der Waals surface area contributed by atoms with Gasteiger partial charge in [0.2, 0.25) is 0 Å². The first-order valence-corrected chi connectivity index (χ1v) is 6.41. The van der Waals surface area contributed by atoms with Gasteiger partial charge in [0.05, 0.1) is 6.21 Å². The summed E-state index contributed by atoms with van der Waals surface area (Å²) in [5, 5.41) is 31.3.